The van der Waals surface area contributed by atoms with E-state index < -0.39 is 0 Å². The van der Waals surface area contributed by atoms with E-state index in [9.17, 15) is 0 Å². The van der Waals surface area contributed by atoms with Gasteiger partial charge in [-0.3, -0.25) is 0 Å². The smallest absolute Gasteiger partial charge is 0.122 e. The van der Waals surface area contributed by atoms with E-state index in [2.05, 4.69) is 34.2 Å². The van der Waals surface area contributed by atoms with E-state index in [1.165, 1.54) is 5.56 Å². The number of methoxy groups -OCH3 is 1. The topological polar surface area (TPSA) is 35.1 Å². The summed E-state index contributed by atoms with van der Waals surface area (Å²) in [4.78, 5) is 0. The van der Waals surface area contributed by atoms with E-state index in [1.807, 2.05) is 12.1 Å². The number of rotatable bonds is 8. The summed E-state index contributed by atoms with van der Waals surface area (Å²) in [5.74, 6) is 0.977. The Bertz CT molecular complexity index is 331. The van der Waals surface area contributed by atoms with Crippen LogP contribution < -0.4 is 10.1 Å². The predicted molar refractivity (Wildman–Crippen MR) is 72.5 cm³/mol. The second-order valence-corrected chi connectivity index (χ2v) is 4.89. The molecular weight excluding hydrogens is 282 g/mol. The summed E-state index contributed by atoms with van der Waals surface area (Å²) in [6.45, 7) is 5.75. The third-order valence-electron chi connectivity index (χ3n) is 2.47. The van der Waals surface area contributed by atoms with Crippen molar-refractivity contribution in [2.24, 2.45) is 0 Å². The molecule has 0 unspecified atom stereocenters. The van der Waals surface area contributed by atoms with Crippen LogP contribution in [0.4, 0.5) is 0 Å². The Hall–Kier alpha value is -0.580. The second-order valence-electron chi connectivity index (χ2n) is 3.97. The molecule has 4 heteroatoms. The number of aryl methyl sites for hydroxylation is 1. The van der Waals surface area contributed by atoms with Crippen molar-refractivity contribution in [3.05, 3.63) is 28.2 Å². The lowest BCUT2D eigenvalue weighted by molar-refractivity contribution is -0.656. The summed E-state index contributed by atoms with van der Waals surface area (Å²) in [5, 5.41) is 2.25. The van der Waals surface area contributed by atoms with Gasteiger partial charge in [-0.25, -0.2) is 0 Å². The zero-order valence-electron chi connectivity index (χ0n) is 10.5. The highest BCUT2D eigenvalue weighted by Crippen LogP contribution is 2.21. The molecule has 0 aromatic heterocycles. The number of halogens is 1. The van der Waals surface area contributed by atoms with Gasteiger partial charge in [0, 0.05) is 18.0 Å². The summed E-state index contributed by atoms with van der Waals surface area (Å²) in [6, 6.07) is 6.08. The van der Waals surface area contributed by atoms with Gasteiger partial charge in [0.15, 0.2) is 0 Å². The molecule has 0 spiro atoms. The van der Waals surface area contributed by atoms with E-state index in [-0.39, 0.29) is 0 Å². The number of nitrogens with two attached hydrogens (primary N) is 1. The molecule has 0 heterocycles. The third-order valence-corrected chi connectivity index (χ3v) is 2.97. The van der Waals surface area contributed by atoms with Crippen molar-refractivity contribution in [3.63, 3.8) is 0 Å². The maximum absolute atomic E-state index is 5.73. The van der Waals surface area contributed by atoms with Gasteiger partial charge in [-0.05, 0) is 30.7 Å². The molecule has 0 aliphatic rings. The lowest BCUT2D eigenvalue weighted by atomic mass is 10.2. The van der Waals surface area contributed by atoms with E-state index in [1.54, 1.807) is 7.11 Å². The van der Waals surface area contributed by atoms with Crippen molar-refractivity contribution >= 4 is 15.9 Å². The van der Waals surface area contributed by atoms with Crippen LogP contribution in [0.1, 0.15) is 12.0 Å². The van der Waals surface area contributed by atoms with Crippen LogP contribution in [0.3, 0.4) is 0 Å². The zero-order valence-corrected chi connectivity index (χ0v) is 12.1. The Morgan fingerprint density at radius 1 is 1.24 bits per heavy atom. The van der Waals surface area contributed by atoms with Crippen LogP contribution >= 0.6 is 15.9 Å². The SMILES string of the molecule is COCC[NH2+]CCCOc1ccc(Br)cc1C. The molecule has 1 aromatic carbocycles. The van der Waals surface area contributed by atoms with Crippen molar-refractivity contribution in [3.8, 4) is 5.75 Å². The second kappa shape index (κ2) is 8.50. The molecule has 0 atom stereocenters. The molecule has 0 fully saturated rings. The molecule has 0 radical (unpaired) electrons. The van der Waals surface area contributed by atoms with E-state index in [0.717, 1.165) is 42.9 Å². The Morgan fingerprint density at radius 2 is 2.06 bits per heavy atom. The maximum atomic E-state index is 5.73. The first-order chi connectivity index (χ1) is 8.24. The van der Waals surface area contributed by atoms with Gasteiger partial charge < -0.3 is 14.8 Å². The fourth-order valence-corrected chi connectivity index (χ4v) is 2.01. The minimum absolute atomic E-state index is 0.770. The van der Waals surface area contributed by atoms with Crippen molar-refractivity contribution in [1.29, 1.82) is 0 Å². The highest BCUT2D eigenvalue weighted by atomic mass is 79.9. The number of hydrogen-bond donors (Lipinski definition) is 1. The summed E-state index contributed by atoms with van der Waals surface area (Å²) >= 11 is 3.44. The molecule has 0 aliphatic carbocycles. The van der Waals surface area contributed by atoms with Crippen LogP contribution in [-0.4, -0.2) is 33.4 Å². The van der Waals surface area contributed by atoms with Gasteiger partial charge in [0.1, 0.15) is 5.75 Å². The molecule has 0 bridgehead atoms. The monoisotopic (exact) mass is 302 g/mol. The van der Waals surface area contributed by atoms with Gasteiger partial charge in [-0.2, -0.15) is 0 Å². The maximum Gasteiger partial charge on any atom is 0.122 e. The van der Waals surface area contributed by atoms with Gasteiger partial charge >= 0.3 is 0 Å². The Morgan fingerprint density at radius 3 is 2.76 bits per heavy atom. The summed E-state index contributed by atoms with van der Waals surface area (Å²) in [7, 11) is 1.73. The Kier molecular flexibility index (Phi) is 7.24. The Balaban J connectivity index is 2.14. The van der Waals surface area contributed by atoms with Gasteiger partial charge in [0.25, 0.3) is 0 Å². The summed E-state index contributed by atoms with van der Waals surface area (Å²) in [6.07, 6.45) is 1.05. The van der Waals surface area contributed by atoms with E-state index in [0.29, 0.717) is 0 Å². The standard InChI is InChI=1S/C13H20BrNO2/c1-11-10-12(14)4-5-13(11)17-8-3-6-15-7-9-16-2/h4-5,10,15H,3,6-9H2,1-2H3/p+1. The van der Waals surface area contributed by atoms with Crippen molar-refractivity contribution in [2.75, 3.05) is 33.4 Å². The lowest BCUT2D eigenvalue weighted by Crippen LogP contribution is -2.85. The average Bonchev–Trinajstić information content (AvgIpc) is 2.30. The quantitative estimate of drug-likeness (QED) is 0.742. The van der Waals surface area contributed by atoms with Crippen LogP contribution in [0.25, 0.3) is 0 Å². The Labute approximate surface area is 112 Å². The van der Waals surface area contributed by atoms with Crippen LogP contribution in [-0.2, 0) is 4.74 Å². The predicted octanol–water partition coefficient (Wildman–Crippen LogP) is 1.74. The lowest BCUT2D eigenvalue weighted by Gasteiger charge is -2.08. The van der Waals surface area contributed by atoms with Gasteiger partial charge in [-0.15, -0.1) is 0 Å². The number of ether oxygens (including phenoxy) is 2. The van der Waals surface area contributed by atoms with Crippen molar-refractivity contribution in [2.45, 2.75) is 13.3 Å². The molecule has 17 heavy (non-hydrogen) atoms. The molecule has 0 saturated carbocycles. The molecule has 0 amide bonds. The van der Waals surface area contributed by atoms with Gasteiger partial charge in [0.05, 0.1) is 26.3 Å². The molecule has 1 rings (SSSR count). The normalized spacial score (nSPS) is 10.5. The average molecular weight is 303 g/mol. The fraction of sp³-hybridized carbons (Fsp3) is 0.538. The minimum atomic E-state index is 0.770. The number of benzene rings is 1. The van der Waals surface area contributed by atoms with E-state index >= 15 is 0 Å². The highest BCUT2D eigenvalue weighted by Gasteiger charge is 2.00. The number of quaternary nitrogens is 1. The third kappa shape index (κ3) is 6.05. The minimum Gasteiger partial charge on any atom is -0.493 e. The molecule has 3 nitrogen and oxygen atoms in total. The first kappa shape index (κ1) is 14.5. The van der Waals surface area contributed by atoms with Crippen LogP contribution in [0, 0.1) is 6.92 Å². The largest absolute Gasteiger partial charge is 0.493 e. The van der Waals surface area contributed by atoms with Gasteiger partial charge in [-0.1, -0.05) is 15.9 Å². The van der Waals surface area contributed by atoms with E-state index in [4.69, 9.17) is 9.47 Å². The van der Waals surface area contributed by atoms with Crippen molar-refractivity contribution in [1.82, 2.24) is 0 Å². The molecule has 2 N–H and O–H groups in total. The van der Waals surface area contributed by atoms with Crippen LogP contribution in [0.2, 0.25) is 0 Å². The van der Waals surface area contributed by atoms with Crippen LogP contribution in [0.15, 0.2) is 22.7 Å². The fourth-order valence-electron chi connectivity index (χ4n) is 1.53. The number of hydrogen-bond acceptors (Lipinski definition) is 2. The summed E-state index contributed by atoms with van der Waals surface area (Å²) < 4.78 is 11.8. The van der Waals surface area contributed by atoms with Crippen LogP contribution in [0.5, 0.6) is 5.75 Å². The molecule has 0 aliphatic heterocycles. The highest BCUT2D eigenvalue weighted by molar-refractivity contribution is 9.10. The zero-order chi connectivity index (χ0) is 12.5. The first-order valence-electron chi connectivity index (χ1n) is 5.93. The van der Waals surface area contributed by atoms with Crippen molar-refractivity contribution < 1.29 is 14.8 Å². The first-order valence-corrected chi connectivity index (χ1v) is 6.73. The van der Waals surface area contributed by atoms with Gasteiger partial charge in [0.2, 0.25) is 0 Å². The molecule has 0 saturated heterocycles. The summed E-state index contributed by atoms with van der Waals surface area (Å²) in [5.41, 5.74) is 1.17. The molecular formula is C13H21BrNO2+. The molecule has 96 valence electrons. The molecule has 1 aromatic rings.